The molecule has 108 valence electrons. The number of halogens is 3. The summed E-state index contributed by atoms with van der Waals surface area (Å²) in [5.41, 5.74) is 7.05. The molecule has 4 nitrogen and oxygen atoms in total. The van der Waals surface area contributed by atoms with E-state index < -0.39 is 0 Å². The van der Waals surface area contributed by atoms with Gasteiger partial charge in [-0.1, -0.05) is 25.4 Å². The molecule has 0 fully saturated rings. The zero-order valence-corrected chi connectivity index (χ0v) is 13.1. The fourth-order valence-electron chi connectivity index (χ4n) is 1.57. The van der Waals surface area contributed by atoms with Crippen molar-refractivity contribution in [2.24, 2.45) is 0 Å². The molecular formula is C12H18Cl3N3O. The summed E-state index contributed by atoms with van der Waals surface area (Å²) in [4.78, 5) is 3.32. The van der Waals surface area contributed by atoms with Crippen LogP contribution < -0.4 is 11.1 Å². The maximum Gasteiger partial charge on any atom is 0.211 e. The molecule has 0 amide bonds. The standard InChI is InChI=1S/C12H16ClN3O.2ClH/c1-7(2)16-11(6-17)8-4-9(13)12(14)10(5-8)15-3;;/h4-5,7,11,16-17H,6,14H2,1-2H3;2*1H. The molecule has 1 atom stereocenters. The van der Waals surface area contributed by atoms with Gasteiger partial charge in [0.25, 0.3) is 0 Å². The molecule has 0 aliphatic rings. The van der Waals surface area contributed by atoms with Crippen molar-refractivity contribution in [3.8, 4) is 0 Å². The van der Waals surface area contributed by atoms with Gasteiger partial charge in [0.05, 0.1) is 29.9 Å². The second-order valence-electron chi connectivity index (χ2n) is 4.10. The van der Waals surface area contributed by atoms with Crippen molar-refractivity contribution in [3.05, 3.63) is 34.1 Å². The first kappa shape index (κ1) is 20.6. The number of anilines is 1. The number of aliphatic hydroxyl groups is 1. The lowest BCUT2D eigenvalue weighted by atomic mass is 10.1. The lowest BCUT2D eigenvalue weighted by Crippen LogP contribution is -2.30. The van der Waals surface area contributed by atoms with E-state index in [-0.39, 0.29) is 49.2 Å². The Morgan fingerprint density at radius 1 is 1.42 bits per heavy atom. The van der Waals surface area contributed by atoms with Crippen molar-refractivity contribution in [2.45, 2.75) is 25.9 Å². The first-order valence-electron chi connectivity index (χ1n) is 5.32. The highest BCUT2D eigenvalue weighted by molar-refractivity contribution is 6.33. The quantitative estimate of drug-likeness (QED) is 0.587. The summed E-state index contributed by atoms with van der Waals surface area (Å²) < 4.78 is 0. The van der Waals surface area contributed by atoms with E-state index in [1.54, 1.807) is 12.1 Å². The second kappa shape index (κ2) is 9.24. The molecule has 0 spiro atoms. The Bertz CT molecular complexity index is 447. The first-order chi connectivity index (χ1) is 7.99. The zero-order chi connectivity index (χ0) is 13.0. The number of nitrogens with two attached hydrogens (primary N) is 1. The highest BCUT2D eigenvalue weighted by Gasteiger charge is 2.15. The highest BCUT2D eigenvalue weighted by atomic mass is 35.5. The molecular weight excluding hydrogens is 309 g/mol. The van der Waals surface area contributed by atoms with E-state index >= 15 is 0 Å². The molecule has 0 aliphatic carbocycles. The van der Waals surface area contributed by atoms with Gasteiger partial charge in [-0.15, -0.1) is 24.8 Å². The third kappa shape index (κ3) is 5.43. The third-order valence-electron chi connectivity index (χ3n) is 2.37. The lowest BCUT2D eigenvalue weighted by Gasteiger charge is -2.20. The monoisotopic (exact) mass is 325 g/mol. The predicted molar refractivity (Wildman–Crippen MR) is 84.7 cm³/mol. The largest absolute Gasteiger partial charge is 0.406 e. The SMILES string of the molecule is Cl.Cl.[C-]#[N+]c1cc(C(CO)NC(C)C)cc(Cl)c1N. The maximum atomic E-state index is 9.34. The summed E-state index contributed by atoms with van der Waals surface area (Å²) in [5.74, 6) is 0. The molecule has 0 heterocycles. The van der Waals surface area contributed by atoms with Crippen LogP contribution in [0.3, 0.4) is 0 Å². The lowest BCUT2D eigenvalue weighted by molar-refractivity contribution is 0.237. The summed E-state index contributed by atoms with van der Waals surface area (Å²) in [6.07, 6.45) is 0. The number of nitrogens with zero attached hydrogens (tertiary/aromatic N) is 1. The number of nitrogen functional groups attached to an aromatic ring is 1. The summed E-state index contributed by atoms with van der Waals surface area (Å²) >= 11 is 5.96. The van der Waals surface area contributed by atoms with Crippen LogP contribution in [0.15, 0.2) is 12.1 Å². The van der Waals surface area contributed by atoms with Crippen molar-refractivity contribution >= 4 is 47.8 Å². The fraction of sp³-hybridized carbons (Fsp3) is 0.417. The average Bonchev–Trinajstić information content (AvgIpc) is 2.29. The van der Waals surface area contributed by atoms with Crippen molar-refractivity contribution < 1.29 is 5.11 Å². The van der Waals surface area contributed by atoms with Crippen LogP contribution in [0.2, 0.25) is 5.02 Å². The summed E-state index contributed by atoms with van der Waals surface area (Å²) in [5, 5.41) is 12.9. The summed E-state index contributed by atoms with van der Waals surface area (Å²) in [6, 6.07) is 3.32. The summed E-state index contributed by atoms with van der Waals surface area (Å²) in [6.45, 7) is 10.9. The number of benzene rings is 1. The third-order valence-corrected chi connectivity index (χ3v) is 2.68. The summed E-state index contributed by atoms with van der Waals surface area (Å²) in [7, 11) is 0. The smallest absolute Gasteiger partial charge is 0.211 e. The van der Waals surface area contributed by atoms with E-state index in [0.29, 0.717) is 10.7 Å². The molecule has 4 N–H and O–H groups in total. The Hall–Kier alpha value is -0.700. The van der Waals surface area contributed by atoms with Crippen LogP contribution in [-0.2, 0) is 0 Å². The molecule has 19 heavy (non-hydrogen) atoms. The molecule has 1 rings (SSSR count). The van der Waals surface area contributed by atoms with E-state index in [1.165, 1.54) is 0 Å². The number of hydrogen-bond donors (Lipinski definition) is 3. The maximum absolute atomic E-state index is 9.34. The van der Waals surface area contributed by atoms with Gasteiger partial charge in [0.1, 0.15) is 0 Å². The fourth-order valence-corrected chi connectivity index (χ4v) is 1.80. The second-order valence-corrected chi connectivity index (χ2v) is 4.51. The van der Waals surface area contributed by atoms with Crippen LogP contribution in [0.4, 0.5) is 11.4 Å². The van der Waals surface area contributed by atoms with Gasteiger partial charge in [-0.3, -0.25) is 0 Å². The number of hydrogen-bond acceptors (Lipinski definition) is 3. The Labute approximate surface area is 131 Å². The molecule has 0 bridgehead atoms. The van der Waals surface area contributed by atoms with Crippen LogP contribution in [-0.4, -0.2) is 17.8 Å². The Morgan fingerprint density at radius 3 is 2.42 bits per heavy atom. The van der Waals surface area contributed by atoms with Gasteiger partial charge < -0.3 is 16.2 Å². The number of rotatable bonds is 4. The van der Waals surface area contributed by atoms with E-state index in [0.717, 1.165) is 5.56 Å². The van der Waals surface area contributed by atoms with Crippen LogP contribution in [0.5, 0.6) is 0 Å². The normalized spacial score (nSPS) is 11.2. The van der Waals surface area contributed by atoms with Gasteiger partial charge in [-0.05, 0) is 17.7 Å². The molecule has 0 aromatic heterocycles. The molecule has 7 heteroatoms. The zero-order valence-electron chi connectivity index (χ0n) is 10.7. The van der Waals surface area contributed by atoms with Crippen LogP contribution >= 0.6 is 36.4 Å². The van der Waals surface area contributed by atoms with Gasteiger partial charge in [0.2, 0.25) is 5.69 Å². The Kier molecular flexibility index (Phi) is 10.0. The molecule has 0 aliphatic heterocycles. The van der Waals surface area contributed by atoms with E-state index in [1.807, 2.05) is 13.8 Å². The highest BCUT2D eigenvalue weighted by Crippen LogP contribution is 2.33. The molecule has 0 saturated carbocycles. The van der Waals surface area contributed by atoms with Crippen LogP contribution in [0, 0.1) is 6.57 Å². The van der Waals surface area contributed by atoms with Crippen molar-refractivity contribution in [2.75, 3.05) is 12.3 Å². The van der Waals surface area contributed by atoms with Crippen molar-refractivity contribution in [1.29, 1.82) is 0 Å². The predicted octanol–water partition coefficient (Wildman–Crippen LogP) is 3.35. The number of aliphatic hydroxyl groups excluding tert-OH is 1. The minimum Gasteiger partial charge on any atom is -0.406 e. The van der Waals surface area contributed by atoms with Gasteiger partial charge in [0, 0.05) is 6.04 Å². The van der Waals surface area contributed by atoms with Gasteiger partial charge in [-0.2, -0.15) is 0 Å². The van der Waals surface area contributed by atoms with Gasteiger partial charge in [0.15, 0.2) is 0 Å². The van der Waals surface area contributed by atoms with E-state index in [2.05, 4.69) is 10.2 Å². The Morgan fingerprint density at radius 2 is 2.00 bits per heavy atom. The first-order valence-corrected chi connectivity index (χ1v) is 5.70. The van der Waals surface area contributed by atoms with Gasteiger partial charge >= 0.3 is 0 Å². The molecule has 1 unspecified atom stereocenters. The minimum atomic E-state index is -0.242. The van der Waals surface area contributed by atoms with E-state index in [9.17, 15) is 5.11 Å². The average molecular weight is 327 g/mol. The molecule has 0 radical (unpaired) electrons. The number of nitrogens with one attached hydrogen (secondary N) is 1. The topological polar surface area (TPSA) is 62.6 Å². The van der Waals surface area contributed by atoms with Gasteiger partial charge in [-0.25, -0.2) is 4.85 Å². The van der Waals surface area contributed by atoms with E-state index in [4.69, 9.17) is 23.9 Å². The van der Waals surface area contributed by atoms with Crippen LogP contribution in [0.1, 0.15) is 25.5 Å². The van der Waals surface area contributed by atoms with Crippen molar-refractivity contribution in [1.82, 2.24) is 5.32 Å². The Balaban J connectivity index is 0. The molecule has 0 saturated heterocycles. The molecule has 1 aromatic carbocycles. The minimum absolute atomic E-state index is 0. The van der Waals surface area contributed by atoms with Crippen LogP contribution in [0.25, 0.3) is 4.85 Å². The molecule has 1 aromatic rings. The van der Waals surface area contributed by atoms with Crippen molar-refractivity contribution in [3.63, 3.8) is 0 Å².